The molecule has 0 spiro atoms. The van der Waals surface area contributed by atoms with Gasteiger partial charge in [0.05, 0.1) is 0 Å². The molecule has 0 saturated carbocycles. The van der Waals surface area contributed by atoms with E-state index >= 15 is 0 Å². The van der Waals surface area contributed by atoms with Crippen LogP contribution in [-0.4, -0.2) is 22.1 Å². The second-order valence-electron chi connectivity index (χ2n) is 6.47. The highest BCUT2D eigenvalue weighted by atomic mass is 16.2. The average molecular weight is 360 g/mol. The van der Waals surface area contributed by atoms with E-state index in [1.807, 2.05) is 68.4 Å². The minimum absolute atomic E-state index is 0.109. The molecule has 0 aliphatic carbocycles. The maximum absolute atomic E-state index is 12.2. The molecule has 27 heavy (non-hydrogen) atoms. The maximum Gasteiger partial charge on any atom is 0.272 e. The Morgan fingerprint density at radius 3 is 2.22 bits per heavy atom. The van der Waals surface area contributed by atoms with Crippen molar-refractivity contribution in [2.45, 2.75) is 32.9 Å². The van der Waals surface area contributed by atoms with Crippen LogP contribution in [0.4, 0.5) is 11.5 Å². The molecule has 0 saturated heterocycles. The third-order valence-corrected chi connectivity index (χ3v) is 4.40. The van der Waals surface area contributed by atoms with Gasteiger partial charge >= 0.3 is 0 Å². The fourth-order valence-corrected chi connectivity index (χ4v) is 2.67. The number of nitrogens with zero attached hydrogens (tertiary/aromatic N) is 3. The van der Waals surface area contributed by atoms with Crippen LogP contribution in [0.5, 0.6) is 0 Å². The SMILES string of the molecule is CCC(C)NC(=O)c1ccc(N(Cc2ccccc2)c2ccccc2)nn1. The van der Waals surface area contributed by atoms with Crippen molar-refractivity contribution in [2.75, 3.05) is 4.90 Å². The Morgan fingerprint density at radius 1 is 0.963 bits per heavy atom. The molecule has 0 radical (unpaired) electrons. The van der Waals surface area contributed by atoms with Crippen LogP contribution in [-0.2, 0) is 6.54 Å². The number of para-hydroxylation sites is 1. The number of rotatable bonds is 7. The smallest absolute Gasteiger partial charge is 0.272 e. The number of carbonyl (C=O) groups excluding carboxylic acids is 1. The van der Waals surface area contributed by atoms with Gasteiger partial charge < -0.3 is 10.2 Å². The van der Waals surface area contributed by atoms with Crippen molar-refractivity contribution in [3.05, 3.63) is 84.1 Å². The Balaban J connectivity index is 1.85. The summed E-state index contributed by atoms with van der Waals surface area (Å²) >= 11 is 0. The summed E-state index contributed by atoms with van der Waals surface area (Å²) in [7, 11) is 0. The largest absolute Gasteiger partial charge is 0.348 e. The lowest BCUT2D eigenvalue weighted by molar-refractivity contribution is 0.0933. The van der Waals surface area contributed by atoms with Crippen LogP contribution < -0.4 is 10.2 Å². The molecule has 5 nitrogen and oxygen atoms in total. The van der Waals surface area contributed by atoms with E-state index in [9.17, 15) is 4.79 Å². The van der Waals surface area contributed by atoms with E-state index in [1.54, 1.807) is 6.07 Å². The van der Waals surface area contributed by atoms with Crippen LogP contribution in [0.1, 0.15) is 36.3 Å². The molecule has 1 aromatic heterocycles. The topological polar surface area (TPSA) is 58.1 Å². The van der Waals surface area contributed by atoms with Crippen LogP contribution in [0.25, 0.3) is 0 Å². The third kappa shape index (κ3) is 4.91. The first-order valence-corrected chi connectivity index (χ1v) is 9.18. The number of hydrogen-bond donors (Lipinski definition) is 1. The van der Waals surface area contributed by atoms with Gasteiger partial charge in [0.15, 0.2) is 11.5 Å². The van der Waals surface area contributed by atoms with Gasteiger partial charge in [0, 0.05) is 18.3 Å². The molecule has 0 fully saturated rings. The van der Waals surface area contributed by atoms with Crippen LogP contribution in [0.2, 0.25) is 0 Å². The monoisotopic (exact) mass is 360 g/mol. The van der Waals surface area contributed by atoms with Gasteiger partial charge in [-0.2, -0.15) is 0 Å². The molecule has 0 bridgehead atoms. The first-order valence-electron chi connectivity index (χ1n) is 9.18. The number of nitrogens with one attached hydrogen (secondary N) is 1. The van der Waals surface area contributed by atoms with E-state index in [4.69, 9.17) is 0 Å². The lowest BCUT2D eigenvalue weighted by Crippen LogP contribution is -2.32. The van der Waals surface area contributed by atoms with Crippen molar-refractivity contribution in [2.24, 2.45) is 0 Å². The van der Waals surface area contributed by atoms with E-state index in [-0.39, 0.29) is 11.9 Å². The fourth-order valence-electron chi connectivity index (χ4n) is 2.67. The van der Waals surface area contributed by atoms with Gasteiger partial charge in [-0.05, 0) is 43.2 Å². The van der Waals surface area contributed by atoms with Crippen LogP contribution in [0.3, 0.4) is 0 Å². The predicted molar refractivity (Wildman–Crippen MR) is 108 cm³/mol. The molecule has 1 atom stereocenters. The van der Waals surface area contributed by atoms with Gasteiger partial charge in [0.2, 0.25) is 0 Å². The Kier molecular flexibility index (Phi) is 6.15. The molecule has 1 N–H and O–H groups in total. The average Bonchev–Trinajstić information content (AvgIpc) is 2.73. The molecule has 0 aliphatic heterocycles. The van der Waals surface area contributed by atoms with Crippen molar-refractivity contribution >= 4 is 17.4 Å². The molecule has 2 aromatic carbocycles. The fraction of sp³-hybridized carbons (Fsp3) is 0.227. The van der Waals surface area contributed by atoms with Gasteiger partial charge in [-0.3, -0.25) is 4.79 Å². The molecular formula is C22H24N4O. The van der Waals surface area contributed by atoms with Crippen LogP contribution in [0.15, 0.2) is 72.8 Å². The number of carbonyl (C=O) groups is 1. The van der Waals surface area contributed by atoms with E-state index < -0.39 is 0 Å². The van der Waals surface area contributed by atoms with Gasteiger partial charge in [0.1, 0.15) is 0 Å². The second kappa shape index (κ2) is 8.94. The van der Waals surface area contributed by atoms with E-state index in [2.05, 4.69) is 32.5 Å². The summed E-state index contributed by atoms with van der Waals surface area (Å²) in [6.45, 7) is 4.66. The van der Waals surface area contributed by atoms with Crippen molar-refractivity contribution < 1.29 is 4.79 Å². The quantitative estimate of drug-likeness (QED) is 0.681. The summed E-state index contributed by atoms with van der Waals surface area (Å²) in [5.74, 6) is 0.503. The number of amides is 1. The number of aromatic nitrogens is 2. The van der Waals surface area contributed by atoms with Crippen molar-refractivity contribution in [1.82, 2.24) is 15.5 Å². The number of benzene rings is 2. The predicted octanol–water partition coefficient (Wildman–Crippen LogP) is 4.34. The molecule has 1 heterocycles. The normalized spacial score (nSPS) is 11.6. The Hall–Kier alpha value is -3.21. The minimum atomic E-state index is -0.197. The van der Waals surface area contributed by atoms with Gasteiger partial charge in [-0.1, -0.05) is 55.5 Å². The summed E-state index contributed by atoms with van der Waals surface area (Å²) in [6.07, 6.45) is 0.871. The lowest BCUT2D eigenvalue weighted by atomic mass is 10.2. The minimum Gasteiger partial charge on any atom is -0.348 e. The van der Waals surface area contributed by atoms with Crippen molar-refractivity contribution in [3.8, 4) is 0 Å². The Morgan fingerprint density at radius 2 is 1.63 bits per heavy atom. The first-order chi connectivity index (χ1) is 13.2. The zero-order valence-corrected chi connectivity index (χ0v) is 15.7. The zero-order chi connectivity index (χ0) is 19.1. The Bertz CT molecular complexity index is 851. The van der Waals surface area contributed by atoms with Crippen molar-refractivity contribution in [1.29, 1.82) is 0 Å². The van der Waals surface area contributed by atoms with Crippen molar-refractivity contribution in [3.63, 3.8) is 0 Å². The maximum atomic E-state index is 12.2. The molecule has 0 aliphatic rings. The highest BCUT2D eigenvalue weighted by molar-refractivity contribution is 5.92. The molecule has 3 rings (SSSR count). The number of hydrogen-bond acceptors (Lipinski definition) is 4. The summed E-state index contributed by atoms with van der Waals surface area (Å²) in [5, 5.41) is 11.4. The first kappa shape index (κ1) is 18.6. The van der Waals surface area contributed by atoms with E-state index in [1.165, 1.54) is 5.56 Å². The van der Waals surface area contributed by atoms with Crippen LogP contribution >= 0.6 is 0 Å². The molecule has 138 valence electrons. The zero-order valence-electron chi connectivity index (χ0n) is 15.7. The van der Waals surface area contributed by atoms with Gasteiger partial charge in [-0.25, -0.2) is 0 Å². The van der Waals surface area contributed by atoms with E-state index in [0.717, 1.165) is 12.1 Å². The summed E-state index contributed by atoms with van der Waals surface area (Å²) < 4.78 is 0. The molecule has 1 unspecified atom stereocenters. The van der Waals surface area contributed by atoms with E-state index in [0.29, 0.717) is 18.1 Å². The number of anilines is 2. The Labute approximate surface area is 160 Å². The summed E-state index contributed by atoms with van der Waals surface area (Å²) in [4.78, 5) is 14.3. The highest BCUT2D eigenvalue weighted by Crippen LogP contribution is 2.25. The van der Waals surface area contributed by atoms with Gasteiger partial charge in [-0.15, -0.1) is 10.2 Å². The standard InChI is InChI=1S/C22H24N4O/c1-3-17(2)23-22(27)20-14-15-21(25-24-20)26(19-12-8-5-9-13-19)16-18-10-6-4-7-11-18/h4-15,17H,3,16H2,1-2H3,(H,23,27). The molecule has 3 aromatic rings. The second-order valence-corrected chi connectivity index (χ2v) is 6.47. The summed E-state index contributed by atoms with van der Waals surface area (Å²) in [5.41, 5.74) is 2.51. The highest BCUT2D eigenvalue weighted by Gasteiger charge is 2.15. The molecular weight excluding hydrogens is 336 g/mol. The molecule has 1 amide bonds. The third-order valence-electron chi connectivity index (χ3n) is 4.40. The molecule has 5 heteroatoms. The van der Waals surface area contributed by atoms with Crippen LogP contribution in [0, 0.1) is 0 Å². The van der Waals surface area contributed by atoms with Gasteiger partial charge in [0.25, 0.3) is 5.91 Å². The summed E-state index contributed by atoms with van der Waals surface area (Å²) in [6, 6.07) is 23.9. The lowest BCUT2D eigenvalue weighted by Gasteiger charge is -2.23.